The third-order valence-corrected chi connectivity index (χ3v) is 6.84. The molecule has 0 saturated carbocycles. The maximum absolute atomic E-state index is 14.2. The van der Waals surface area contributed by atoms with Crippen LogP contribution in [0.15, 0.2) is 24.5 Å². The zero-order valence-electron chi connectivity index (χ0n) is 23.2. The van der Waals surface area contributed by atoms with Gasteiger partial charge in [0.05, 0.1) is 24.3 Å². The van der Waals surface area contributed by atoms with Crippen molar-refractivity contribution < 1.29 is 31.1 Å². The van der Waals surface area contributed by atoms with Gasteiger partial charge >= 0.3 is 23.8 Å². The third kappa shape index (κ3) is 7.78. The summed E-state index contributed by atoms with van der Waals surface area (Å²) in [5.74, 6) is 0.225. The maximum Gasteiger partial charge on any atom is 0.417 e. The Kier molecular flexibility index (Phi) is 10.4. The molecule has 228 valence electrons. The van der Waals surface area contributed by atoms with Crippen LogP contribution in [0.1, 0.15) is 18.1 Å². The van der Waals surface area contributed by atoms with E-state index < -0.39 is 29.3 Å². The van der Waals surface area contributed by atoms with Crippen molar-refractivity contribution in [1.29, 1.82) is 0 Å². The lowest BCUT2D eigenvalue weighted by Gasteiger charge is -2.32. The van der Waals surface area contributed by atoms with Crippen LogP contribution in [0, 0.1) is 0 Å². The first kappa shape index (κ1) is 31.3. The molecule has 0 aromatic carbocycles. The summed E-state index contributed by atoms with van der Waals surface area (Å²) in [6.07, 6.45) is -1.81. The van der Waals surface area contributed by atoms with Crippen molar-refractivity contribution in [3.8, 4) is 11.4 Å². The molecular weight excluding hydrogens is 579 g/mol. The van der Waals surface area contributed by atoms with E-state index in [0.29, 0.717) is 45.2 Å². The van der Waals surface area contributed by atoms with Gasteiger partial charge < -0.3 is 19.9 Å². The molecule has 2 aliphatic rings. The zero-order valence-corrected chi connectivity index (χ0v) is 24.0. The second kappa shape index (κ2) is 14.0. The second-order valence-corrected chi connectivity index (χ2v) is 9.92. The zero-order chi connectivity index (χ0) is 30.3. The average molecular weight is 612 g/mol. The number of carbonyl (C=O) groups excluding carboxylic acids is 1. The molecule has 0 bridgehead atoms. The Balaban J connectivity index is 0.00000129. The number of carbonyl (C=O) groups is 1. The highest BCUT2D eigenvalue weighted by Crippen LogP contribution is 2.37. The van der Waals surface area contributed by atoms with Crippen LogP contribution in [0.25, 0.3) is 16.9 Å². The normalized spacial score (nSPS) is 16.5. The fourth-order valence-electron chi connectivity index (χ4n) is 4.77. The molecule has 0 aliphatic carbocycles. The predicted molar refractivity (Wildman–Crippen MR) is 149 cm³/mol. The van der Waals surface area contributed by atoms with Crippen molar-refractivity contribution in [3.05, 3.63) is 35.7 Å². The number of likely N-dealkylation sites (N-methyl/N-ethyl adjacent to an activating group) is 1. The maximum atomic E-state index is 14.2. The number of halogens is 3. The van der Waals surface area contributed by atoms with Gasteiger partial charge in [-0.3, -0.25) is 10.2 Å². The molecule has 0 radical (unpaired) electrons. The summed E-state index contributed by atoms with van der Waals surface area (Å²) in [5.41, 5.74) is 0.480. The highest BCUT2D eigenvalue weighted by atomic mass is 32.1. The Morgan fingerprint density at radius 2 is 1.79 bits per heavy atom. The molecule has 42 heavy (non-hydrogen) atoms. The molecule has 0 unspecified atom stereocenters. The summed E-state index contributed by atoms with van der Waals surface area (Å²) in [6.45, 7) is 8.69. The lowest BCUT2D eigenvalue weighted by molar-refractivity contribution is -0.137. The Bertz CT molecular complexity index is 1420. The molecule has 2 amide bonds. The summed E-state index contributed by atoms with van der Waals surface area (Å²) in [6, 6.07) is 2.18. The molecule has 3 aromatic heterocycles. The summed E-state index contributed by atoms with van der Waals surface area (Å²) in [5, 5.41) is 9.31. The number of ether oxygens (including phenoxy) is 1. The molecule has 2 fully saturated rings. The first-order chi connectivity index (χ1) is 20.1. The first-order valence-corrected chi connectivity index (χ1v) is 14.0. The van der Waals surface area contributed by atoms with Crippen molar-refractivity contribution in [2.75, 3.05) is 76.3 Å². The van der Waals surface area contributed by atoms with Crippen LogP contribution in [-0.4, -0.2) is 110 Å². The van der Waals surface area contributed by atoms with Crippen LogP contribution in [0.4, 0.5) is 29.6 Å². The minimum atomic E-state index is -4.73. The van der Waals surface area contributed by atoms with E-state index in [1.807, 2.05) is 17.2 Å². The summed E-state index contributed by atoms with van der Waals surface area (Å²) < 4.78 is 66.3. The van der Waals surface area contributed by atoms with Gasteiger partial charge in [0.25, 0.3) is 0 Å². The number of anilines is 2. The highest BCUT2D eigenvalue weighted by molar-refractivity contribution is 7.51. The Labute approximate surface area is 243 Å². The van der Waals surface area contributed by atoms with Crippen molar-refractivity contribution >= 4 is 34.8 Å². The minimum Gasteiger partial charge on any atom is -0.378 e. The fraction of sp³-hybridized carbons (Fsp3) is 0.520. The minimum absolute atomic E-state index is 0.102. The predicted octanol–water partition coefficient (Wildman–Crippen LogP) is 1.87. The molecule has 0 atom stereocenters. The van der Waals surface area contributed by atoms with Crippen LogP contribution in [0.5, 0.6) is 0 Å². The van der Waals surface area contributed by atoms with E-state index in [4.69, 9.17) is 13.2 Å². The summed E-state index contributed by atoms with van der Waals surface area (Å²) in [4.78, 5) is 27.2. The number of alkyl halides is 3. The van der Waals surface area contributed by atoms with Gasteiger partial charge in [0.15, 0.2) is 11.6 Å². The van der Waals surface area contributed by atoms with Crippen LogP contribution in [0.3, 0.4) is 0 Å². The highest BCUT2D eigenvalue weighted by Gasteiger charge is 2.36. The topological polar surface area (TPSA) is 137 Å². The Morgan fingerprint density at radius 1 is 1.10 bits per heavy atom. The van der Waals surface area contributed by atoms with E-state index in [-0.39, 0.29) is 17.2 Å². The number of hydrogen-bond donors (Lipinski definition) is 2. The molecule has 2 N–H and O–H groups in total. The number of rotatable bonds is 6. The van der Waals surface area contributed by atoms with Gasteiger partial charge in [-0.25, -0.2) is 19.3 Å². The lowest BCUT2D eigenvalue weighted by atomic mass is 10.1. The molecule has 5 heterocycles. The molecule has 2 aliphatic heterocycles. The summed E-state index contributed by atoms with van der Waals surface area (Å²) >= 11 is -0.750. The number of fused-ring (bicyclic) bond motifs is 1. The van der Waals surface area contributed by atoms with E-state index >= 15 is 0 Å². The number of amides is 2. The number of morpholine rings is 1. The van der Waals surface area contributed by atoms with E-state index in [9.17, 15) is 18.0 Å². The molecule has 3 aromatic rings. The summed E-state index contributed by atoms with van der Waals surface area (Å²) in [7, 11) is 2.10. The quantitative estimate of drug-likeness (QED) is 0.425. The lowest BCUT2D eigenvalue weighted by Crippen LogP contribution is -2.43. The van der Waals surface area contributed by atoms with Crippen LogP contribution < -0.4 is 15.5 Å². The Morgan fingerprint density at radius 3 is 2.43 bits per heavy atom. The van der Waals surface area contributed by atoms with Crippen LogP contribution >= 0.6 is 0 Å². The van der Waals surface area contributed by atoms with Crippen molar-refractivity contribution in [2.45, 2.75) is 19.6 Å². The molecule has 0 spiro atoms. The van der Waals surface area contributed by atoms with Gasteiger partial charge in [0.2, 0.25) is 0 Å². The van der Waals surface area contributed by atoms with Gasteiger partial charge in [0.1, 0.15) is 11.3 Å². The number of nitrogens with zero attached hydrogens (tertiary/aromatic N) is 7. The van der Waals surface area contributed by atoms with E-state index in [1.54, 1.807) is 11.4 Å². The fourth-order valence-corrected chi connectivity index (χ4v) is 4.77. The van der Waals surface area contributed by atoms with E-state index in [0.717, 1.165) is 49.5 Å². The number of aromatic nitrogens is 4. The van der Waals surface area contributed by atoms with E-state index in [2.05, 4.69) is 42.5 Å². The molecule has 17 heteroatoms. The molecule has 5 rings (SSSR count). The standard InChI is InChI=1S/C25H32F3N9O2.O2S/c1-3-29-24(38)31-21-13-19(25(26,27)28)18(14-30-21)22-32-23(36-8-10-39-11-9-36)20-12-17(16-37(20)33-22)15-35-6-4-34(2)5-7-35;1-3-2/h12-14,16H,3-11,15H2,1-2H3,(H2,29,30,31,38);. The average Bonchev–Trinajstić information content (AvgIpc) is 3.36. The largest absolute Gasteiger partial charge is 0.417 e. The number of urea groups is 1. The van der Waals surface area contributed by atoms with Crippen LogP contribution in [0.2, 0.25) is 0 Å². The van der Waals surface area contributed by atoms with Gasteiger partial charge in [-0.1, -0.05) is 0 Å². The number of nitrogens with one attached hydrogen (secondary N) is 2. The monoisotopic (exact) mass is 611 g/mol. The van der Waals surface area contributed by atoms with E-state index in [1.165, 1.54) is 0 Å². The second-order valence-electron chi connectivity index (χ2n) is 9.78. The molecule has 13 nitrogen and oxygen atoms in total. The Hall–Kier alpha value is -3.67. The smallest absolute Gasteiger partial charge is 0.378 e. The first-order valence-electron chi connectivity index (χ1n) is 13.3. The third-order valence-electron chi connectivity index (χ3n) is 6.84. The SMILES string of the molecule is CCNC(=O)Nc1cc(C(F)(F)F)c(-c2nc(N3CCOCC3)c3cc(CN4CCN(C)CC4)cn3n2)cn1.O=S=O. The number of pyridine rings is 1. The van der Waals surface area contributed by atoms with Gasteiger partial charge in [0, 0.05) is 64.8 Å². The number of piperazine rings is 1. The molecular formula is C25H32F3N9O4S. The van der Waals surface area contributed by atoms with Crippen LogP contribution in [-0.2, 0) is 29.0 Å². The van der Waals surface area contributed by atoms with Gasteiger partial charge in [-0.05, 0) is 31.7 Å². The number of hydrogen-bond acceptors (Lipinski definition) is 10. The van der Waals surface area contributed by atoms with Gasteiger partial charge in [-0.2, -0.15) is 21.6 Å². The van der Waals surface area contributed by atoms with Gasteiger partial charge in [-0.15, -0.1) is 5.10 Å². The molecule has 2 saturated heterocycles. The van der Waals surface area contributed by atoms with Crippen molar-refractivity contribution in [3.63, 3.8) is 0 Å². The van der Waals surface area contributed by atoms with Crippen molar-refractivity contribution in [1.82, 2.24) is 34.7 Å². The van der Waals surface area contributed by atoms with Crippen molar-refractivity contribution in [2.24, 2.45) is 0 Å².